The van der Waals surface area contributed by atoms with Crippen LogP contribution in [0.2, 0.25) is 0 Å². The van der Waals surface area contributed by atoms with Gasteiger partial charge in [0.1, 0.15) is 0 Å². The fourth-order valence-electron chi connectivity index (χ4n) is 9.88. The van der Waals surface area contributed by atoms with Crippen molar-refractivity contribution in [1.82, 2.24) is 4.90 Å². The summed E-state index contributed by atoms with van der Waals surface area (Å²) >= 11 is 0. The molecule has 2 heterocycles. The molecule has 1 saturated heterocycles. The van der Waals surface area contributed by atoms with Gasteiger partial charge in [0.25, 0.3) is 0 Å². The van der Waals surface area contributed by atoms with E-state index in [1.165, 1.54) is 63.4 Å². The summed E-state index contributed by atoms with van der Waals surface area (Å²) in [4.78, 5) is 24.6. The maximum absolute atomic E-state index is 11.5. The Kier molecular flexibility index (Phi) is 5.82. The molecule has 5 aliphatic rings. The van der Waals surface area contributed by atoms with E-state index in [0.717, 1.165) is 23.7 Å². The lowest BCUT2D eigenvalue weighted by atomic mass is 9.44. The van der Waals surface area contributed by atoms with Crippen LogP contribution >= 0.6 is 0 Å². The molecule has 9 atom stereocenters. The van der Waals surface area contributed by atoms with E-state index in [1.54, 1.807) is 17.2 Å². The van der Waals surface area contributed by atoms with Crippen LogP contribution in [0.25, 0.3) is 0 Å². The highest BCUT2D eigenvalue weighted by Gasteiger charge is 2.60. The third-order valence-electron chi connectivity index (χ3n) is 11.7. The first-order chi connectivity index (χ1) is 16.8. The molecule has 0 bridgehead atoms. The fraction of sp³-hybridized carbons (Fsp3) is 0.793. The summed E-state index contributed by atoms with van der Waals surface area (Å²) in [5, 5.41) is 9.46. The van der Waals surface area contributed by atoms with Crippen molar-refractivity contribution in [3.05, 3.63) is 34.4 Å². The first-order valence-corrected chi connectivity index (χ1v) is 14.0. The summed E-state index contributed by atoms with van der Waals surface area (Å²) in [7, 11) is 0. The summed E-state index contributed by atoms with van der Waals surface area (Å²) in [5.41, 5.74) is 1.67. The van der Waals surface area contributed by atoms with Crippen LogP contribution in [0.1, 0.15) is 83.1 Å². The van der Waals surface area contributed by atoms with Crippen molar-refractivity contribution in [2.75, 3.05) is 19.7 Å². The van der Waals surface area contributed by atoms with Gasteiger partial charge in [0.15, 0.2) is 0 Å². The average Bonchev–Trinajstić information content (AvgIpc) is 3.21. The van der Waals surface area contributed by atoms with Crippen molar-refractivity contribution in [3.8, 4) is 0 Å². The standard InChI is InChI=1S/C29H41NO5/c1-28-11-9-18(25-16-30(27(32)33)13-14-34-25)15-20(28)4-5-21-23-7-6-22(19-3-8-26(31)35-17-19)29(23,2)12-10-24(21)28/h3,8,17-18,20-25H,4-7,9-16H2,1-2H3,(H,32,33). The lowest BCUT2D eigenvalue weighted by molar-refractivity contribution is -0.134. The number of carboxylic acid groups (broad SMARTS) is 1. The summed E-state index contributed by atoms with van der Waals surface area (Å²) in [5.74, 6) is 4.09. The normalized spacial score (nSPS) is 45.3. The highest BCUT2D eigenvalue weighted by atomic mass is 16.5. The van der Waals surface area contributed by atoms with Crippen LogP contribution in [-0.2, 0) is 4.74 Å². The van der Waals surface area contributed by atoms with Crippen molar-refractivity contribution in [1.29, 1.82) is 0 Å². The maximum Gasteiger partial charge on any atom is 0.407 e. The van der Waals surface area contributed by atoms with Crippen molar-refractivity contribution in [2.24, 2.45) is 40.4 Å². The minimum absolute atomic E-state index is 0.0679. The minimum Gasteiger partial charge on any atom is -0.465 e. The molecule has 0 aromatic carbocycles. The second kappa shape index (κ2) is 8.64. The monoisotopic (exact) mass is 483 g/mol. The van der Waals surface area contributed by atoms with Gasteiger partial charge in [0, 0.05) is 12.6 Å². The molecule has 4 saturated carbocycles. The predicted molar refractivity (Wildman–Crippen MR) is 132 cm³/mol. The van der Waals surface area contributed by atoms with Crippen molar-refractivity contribution in [2.45, 2.75) is 83.7 Å². The molecule has 6 nitrogen and oxygen atoms in total. The number of ether oxygens (including phenoxy) is 1. The quantitative estimate of drug-likeness (QED) is 0.578. The summed E-state index contributed by atoms with van der Waals surface area (Å²) in [6, 6.07) is 3.60. The lowest BCUT2D eigenvalue weighted by Gasteiger charge is -2.61. The molecule has 1 aliphatic heterocycles. The molecule has 6 rings (SSSR count). The molecule has 9 unspecified atom stereocenters. The molecule has 6 heteroatoms. The Morgan fingerprint density at radius 1 is 1.03 bits per heavy atom. The van der Waals surface area contributed by atoms with Gasteiger partial charge in [-0.2, -0.15) is 0 Å². The molecule has 0 spiro atoms. The molecule has 1 amide bonds. The molecule has 1 aromatic rings. The van der Waals surface area contributed by atoms with Crippen LogP contribution in [-0.4, -0.2) is 41.9 Å². The van der Waals surface area contributed by atoms with E-state index in [0.29, 0.717) is 42.4 Å². The summed E-state index contributed by atoms with van der Waals surface area (Å²) in [6.07, 6.45) is 12.3. The predicted octanol–water partition coefficient (Wildman–Crippen LogP) is 5.76. The molecular formula is C29H41NO5. The van der Waals surface area contributed by atoms with E-state index in [-0.39, 0.29) is 11.7 Å². The smallest absolute Gasteiger partial charge is 0.407 e. The lowest BCUT2D eigenvalue weighted by Crippen LogP contribution is -2.55. The fourth-order valence-corrected chi connectivity index (χ4v) is 9.88. The van der Waals surface area contributed by atoms with Crippen LogP contribution in [0.5, 0.6) is 0 Å². The van der Waals surface area contributed by atoms with Crippen LogP contribution in [0, 0.1) is 40.4 Å². The zero-order valence-electron chi connectivity index (χ0n) is 21.3. The Morgan fingerprint density at radius 2 is 1.83 bits per heavy atom. The zero-order valence-corrected chi connectivity index (χ0v) is 21.3. The van der Waals surface area contributed by atoms with Gasteiger partial charge in [0.2, 0.25) is 0 Å². The Labute approximate surface area is 208 Å². The number of hydrogen-bond acceptors (Lipinski definition) is 4. The van der Waals surface area contributed by atoms with E-state index >= 15 is 0 Å². The highest BCUT2D eigenvalue weighted by molar-refractivity contribution is 5.65. The van der Waals surface area contributed by atoms with E-state index < -0.39 is 6.09 Å². The van der Waals surface area contributed by atoms with Gasteiger partial charge in [-0.1, -0.05) is 13.8 Å². The average molecular weight is 484 g/mol. The van der Waals surface area contributed by atoms with Gasteiger partial charge >= 0.3 is 11.7 Å². The van der Waals surface area contributed by atoms with E-state index in [2.05, 4.69) is 13.8 Å². The third-order valence-corrected chi connectivity index (χ3v) is 11.7. The molecular weight excluding hydrogens is 442 g/mol. The first kappa shape index (κ1) is 23.6. The molecule has 4 aliphatic carbocycles. The molecule has 1 aromatic heterocycles. The number of morpholine rings is 1. The summed E-state index contributed by atoms with van der Waals surface area (Å²) in [6.45, 7) is 6.69. The molecule has 5 fully saturated rings. The van der Waals surface area contributed by atoms with Gasteiger partial charge < -0.3 is 19.2 Å². The summed E-state index contributed by atoms with van der Waals surface area (Å²) < 4.78 is 11.4. The zero-order chi connectivity index (χ0) is 24.4. The van der Waals surface area contributed by atoms with Crippen molar-refractivity contribution in [3.63, 3.8) is 0 Å². The van der Waals surface area contributed by atoms with Crippen molar-refractivity contribution < 1.29 is 19.1 Å². The SMILES string of the molecule is CC12CCC(C3CN(C(=O)O)CCO3)CC1CCC1C2CCC2(C)C(c3ccc(=O)oc3)CCC12. The minimum atomic E-state index is -0.808. The van der Waals surface area contributed by atoms with Gasteiger partial charge in [0.05, 0.1) is 25.5 Å². The van der Waals surface area contributed by atoms with Gasteiger partial charge in [-0.25, -0.2) is 9.59 Å². The van der Waals surface area contributed by atoms with Crippen molar-refractivity contribution >= 4 is 6.09 Å². The van der Waals surface area contributed by atoms with Gasteiger partial charge in [-0.3, -0.25) is 0 Å². The first-order valence-electron chi connectivity index (χ1n) is 14.0. The Morgan fingerprint density at radius 3 is 2.60 bits per heavy atom. The van der Waals surface area contributed by atoms with E-state index in [4.69, 9.17) is 9.15 Å². The number of carbonyl (C=O) groups is 1. The van der Waals surface area contributed by atoms with Crippen LogP contribution in [0.15, 0.2) is 27.6 Å². The molecule has 192 valence electrons. The third kappa shape index (κ3) is 3.77. The van der Waals surface area contributed by atoms with Gasteiger partial charge in [-0.15, -0.1) is 0 Å². The Hall–Kier alpha value is -1.82. The molecule has 1 N–H and O–H groups in total. The second-order valence-corrected chi connectivity index (χ2v) is 12.9. The van der Waals surface area contributed by atoms with Crippen LogP contribution in [0.3, 0.4) is 0 Å². The molecule has 35 heavy (non-hydrogen) atoms. The van der Waals surface area contributed by atoms with Crippen LogP contribution in [0.4, 0.5) is 4.79 Å². The number of hydrogen-bond donors (Lipinski definition) is 1. The molecule has 0 radical (unpaired) electrons. The van der Waals surface area contributed by atoms with Gasteiger partial charge in [-0.05, 0) is 116 Å². The second-order valence-electron chi connectivity index (χ2n) is 12.9. The largest absolute Gasteiger partial charge is 0.465 e. The maximum atomic E-state index is 11.5. The number of fused-ring (bicyclic) bond motifs is 5. The van der Waals surface area contributed by atoms with Crippen LogP contribution < -0.4 is 5.63 Å². The Bertz CT molecular complexity index is 1000. The number of nitrogens with zero attached hydrogens (tertiary/aromatic N) is 1. The highest BCUT2D eigenvalue weighted by Crippen LogP contribution is 2.69. The number of amides is 1. The topological polar surface area (TPSA) is 80.0 Å². The Balaban J connectivity index is 1.17. The van der Waals surface area contributed by atoms with E-state index in [1.807, 2.05) is 6.07 Å². The van der Waals surface area contributed by atoms with E-state index in [9.17, 15) is 14.7 Å². The number of rotatable bonds is 2.